The van der Waals surface area contributed by atoms with E-state index in [-0.39, 0.29) is 24.0 Å². The summed E-state index contributed by atoms with van der Waals surface area (Å²) >= 11 is 0. The lowest BCUT2D eigenvalue weighted by Gasteiger charge is -2.27. The van der Waals surface area contributed by atoms with Gasteiger partial charge < -0.3 is 20.1 Å². The lowest BCUT2D eigenvalue weighted by Crippen LogP contribution is -2.37. The van der Waals surface area contributed by atoms with Crippen LogP contribution in [0.15, 0.2) is 53.5 Å². The Morgan fingerprint density at radius 3 is 2.06 bits per heavy atom. The summed E-state index contributed by atoms with van der Waals surface area (Å²) in [6, 6.07) is 17.0. The van der Waals surface area contributed by atoms with Gasteiger partial charge in [-0.3, -0.25) is 9.89 Å². The number of hydrogen-bond donors (Lipinski definition) is 2. The molecule has 0 aromatic heterocycles. The van der Waals surface area contributed by atoms with E-state index in [1.54, 1.807) is 7.05 Å². The second-order valence-electron chi connectivity index (χ2n) is 7.34. The van der Waals surface area contributed by atoms with Gasteiger partial charge in [-0.05, 0) is 29.2 Å². The Balaban J connectivity index is 0.00000341. The first-order chi connectivity index (χ1) is 14.8. The van der Waals surface area contributed by atoms with Crippen molar-refractivity contribution in [3.63, 3.8) is 0 Å². The van der Waals surface area contributed by atoms with Gasteiger partial charge in [0.25, 0.3) is 0 Å². The molecule has 2 aromatic carbocycles. The fourth-order valence-corrected chi connectivity index (χ4v) is 3.55. The van der Waals surface area contributed by atoms with E-state index in [2.05, 4.69) is 69.1 Å². The second-order valence-corrected chi connectivity index (χ2v) is 7.34. The molecule has 6 nitrogen and oxygen atoms in total. The van der Waals surface area contributed by atoms with E-state index in [0.717, 1.165) is 52.0 Å². The summed E-state index contributed by atoms with van der Waals surface area (Å²) in [5, 5.41) is 6.89. The van der Waals surface area contributed by atoms with E-state index in [4.69, 9.17) is 9.47 Å². The van der Waals surface area contributed by atoms with Crippen LogP contribution in [0.5, 0.6) is 0 Å². The molecule has 0 atom stereocenters. The molecule has 0 aliphatic carbocycles. The molecule has 0 amide bonds. The maximum Gasteiger partial charge on any atom is 0.191 e. The van der Waals surface area contributed by atoms with Crippen molar-refractivity contribution < 1.29 is 9.47 Å². The fraction of sp³-hybridized carbons (Fsp3) is 0.458. The summed E-state index contributed by atoms with van der Waals surface area (Å²) in [5.41, 5.74) is 5.08. The highest BCUT2D eigenvalue weighted by molar-refractivity contribution is 14.0. The number of guanidine groups is 1. The fourth-order valence-electron chi connectivity index (χ4n) is 3.55. The molecule has 170 valence electrons. The summed E-state index contributed by atoms with van der Waals surface area (Å²) in [6.07, 6.45) is 0. The molecular weight excluding hydrogens is 503 g/mol. The van der Waals surface area contributed by atoms with E-state index in [1.165, 1.54) is 22.3 Å². The number of benzene rings is 2. The molecule has 2 N–H and O–H groups in total. The second kappa shape index (κ2) is 14.4. The monoisotopic (exact) mass is 538 g/mol. The Hall–Kier alpha value is -1.68. The predicted octanol–water partition coefficient (Wildman–Crippen LogP) is 3.54. The Morgan fingerprint density at radius 1 is 0.935 bits per heavy atom. The van der Waals surface area contributed by atoms with E-state index in [0.29, 0.717) is 13.2 Å². The lowest BCUT2D eigenvalue weighted by atomic mass is 10.1. The molecule has 0 spiro atoms. The van der Waals surface area contributed by atoms with Crippen LogP contribution in [-0.4, -0.2) is 50.8 Å². The Labute approximate surface area is 203 Å². The van der Waals surface area contributed by atoms with Crippen LogP contribution in [-0.2, 0) is 35.7 Å². The molecule has 0 radical (unpaired) electrons. The minimum absolute atomic E-state index is 0. The highest BCUT2D eigenvalue weighted by Gasteiger charge is 2.13. The van der Waals surface area contributed by atoms with Gasteiger partial charge in [-0.1, -0.05) is 48.5 Å². The van der Waals surface area contributed by atoms with Crippen LogP contribution in [0.3, 0.4) is 0 Å². The van der Waals surface area contributed by atoms with Crippen LogP contribution < -0.4 is 10.6 Å². The molecule has 31 heavy (non-hydrogen) atoms. The van der Waals surface area contributed by atoms with Crippen molar-refractivity contribution in [3.05, 3.63) is 70.8 Å². The number of hydrogen-bond acceptors (Lipinski definition) is 4. The van der Waals surface area contributed by atoms with E-state index in [1.807, 2.05) is 6.92 Å². The van der Waals surface area contributed by atoms with Gasteiger partial charge in [-0.25, -0.2) is 0 Å². The predicted molar refractivity (Wildman–Crippen MR) is 137 cm³/mol. The number of ether oxygens (including phenoxy) is 2. The average molecular weight is 538 g/mol. The summed E-state index contributed by atoms with van der Waals surface area (Å²) in [4.78, 5) is 6.84. The standard InChI is InChI=1S/C24H34N4O2.HI/c1-3-29-19-23-11-7-5-9-21(23)17-27-24(25-2)26-16-20-8-4-6-10-22(20)18-28-12-14-30-15-13-28;/h4-11H,3,12-19H2,1-2H3,(H2,25,26,27);1H. The summed E-state index contributed by atoms with van der Waals surface area (Å²) < 4.78 is 11.1. The molecule has 0 unspecified atom stereocenters. The number of halogens is 1. The Bertz CT molecular complexity index is 810. The maximum absolute atomic E-state index is 5.59. The van der Waals surface area contributed by atoms with Crippen molar-refractivity contribution in [1.29, 1.82) is 0 Å². The highest BCUT2D eigenvalue weighted by Crippen LogP contribution is 2.13. The van der Waals surface area contributed by atoms with Gasteiger partial charge in [-0.15, -0.1) is 24.0 Å². The first-order valence-corrected chi connectivity index (χ1v) is 10.8. The quantitative estimate of drug-likeness (QED) is 0.291. The van der Waals surface area contributed by atoms with Gasteiger partial charge in [0, 0.05) is 46.4 Å². The van der Waals surface area contributed by atoms with Gasteiger partial charge in [0.05, 0.1) is 19.8 Å². The molecule has 1 aliphatic rings. The normalized spacial score (nSPS) is 14.7. The molecule has 1 fully saturated rings. The molecule has 7 heteroatoms. The molecule has 2 aromatic rings. The Morgan fingerprint density at radius 2 is 1.48 bits per heavy atom. The van der Waals surface area contributed by atoms with Crippen LogP contribution in [0, 0.1) is 0 Å². The first kappa shape index (κ1) is 25.6. The van der Waals surface area contributed by atoms with Crippen molar-refractivity contribution >= 4 is 29.9 Å². The van der Waals surface area contributed by atoms with Crippen LogP contribution in [0.1, 0.15) is 29.2 Å². The highest BCUT2D eigenvalue weighted by atomic mass is 127. The minimum Gasteiger partial charge on any atom is -0.379 e. The van der Waals surface area contributed by atoms with Crippen LogP contribution in [0.2, 0.25) is 0 Å². The van der Waals surface area contributed by atoms with Gasteiger partial charge in [0.2, 0.25) is 0 Å². The third-order valence-corrected chi connectivity index (χ3v) is 5.31. The molecule has 1 saturated heterocycles. The summed E-state index contributed by atoms with van der Waals surface area (Å²) in [7, 11) is 1.81. The number of nitrogens with zero attached hydrogens (tertiary/aromatic N) is 2. The molecule has 0 bridgehead atoms. The molecule has 1 heterocycles. The van der Waals surface area contributed by atoms with Crippen molar-refractivity contribution in [2.75, 3.05) is 40.0 Å². The molecular formula is C24H35IN4O2. The number of morpholine rings is 1. The minimum atomic E-state index is 0. The van der Waals surface area contributed by atoms with Crippen molar-refractivity contribution in [2.45, 2.75) is 33.2 Å². The SMILES string of the molecule is CCOCc1ccccc1CNC(=NC)NCc1ccccc1CN1CCOCC1.I. The third kappa shape index (κ3) is 8.40. The first-order valence-electron chi connectivity index (χ1n) is 10.8. The molecule has 1 aliphatic heterocycles. The molecule has 0 saturated carbocycles. The zero-order valence-electron chi connectivity index (χ0n) is 18.6. The molecule has 3 rings (SSSR count). The van der Waals surface area contributed by atoms with E-state index in [9.17, 15) is 0 Å². The Kier molecular flexibility index (Phi) is 11.9. The maximum atomic E-state index is 5.59. The van der Waals surface area contributed by atoms with Crippen molar-refractivity contribution in [1.82, 2.24) is 15.5 Å². The van der Waals surface area contributed by atoms with Crippen LogP contribution in [0.4, 0.5) is 0 Å². The third-order valence-electron chi connectivity index (χ3n) is 5.31. The summed E-state index contributed by atoms with van der Waals surface area (Å²) in [5.74, 6) is 0.794. The van der Waals surface area contributed by atoms with Gasteiger partial charge in [0.1, 0.15) is 0 Å². The van der Waals surface area contributed by atoms with Crippen molar-refractivity contribution in [2.24, 2.45) is 4.99 Å². The average Bonchev–Trinajstić information content (AvgIpc) is 2.80. The largest absolute Gasteiger partial charge is 0.379 e. The van der Waals surface area contributed by atoms with E-state index >= 15 is 0 Å². The van der Waals surface area contributed by atoms with E-state index < -0.39 is 0 Å². The van der Waals surface area contributed by atoms with Gasteiger partial charge >= 0.3 is 0 Å². The van der Waals surface area contributed by atoms with Crippen LogP contribution >= 0.6 is 24.0 Å². The number of nitrogens with one attached hydrogen (secondary N) is 2. The lowest BCUT2D eigenvalue weighted by molar-refractivity contribution is 0.0341. The summed E-state index contributed by atoms with van der Waals surface area (Å²) in [6.45, 7) is 9.40. The zero-order chi connectivity index (χ0) is 21.0. The smallest absolute Gasteiger partial charge is 0.191 e. The number of rotatable bonds is 9. The van der Waals surface area contributed by atoms with Gasteiger partial charge in [0.15, 0.2) is 5.96 Å². The topological polar surface area (TPSA) is 58.1 Å². The van der Waals surface area contributed by atoms with Crippen LogP contribution in [0.25, 0.3) is 0 Å². The number of aliphatic imine (C=N–C) groups is 1. The van der Waals surface area contributed by atoms with Gasteiger partial charge in [-0.2, -0.15) is 0 Å². The van der Waals surface area contributed by atoms with Crippen molar-refractivity contribution in [3.8, 4) is 0 Å². The zero-order valence-corrected chi connectivity index (χ0v) is 20.9.